The first-order chi connectivity index (χ1) is 6.86. The fourth-order valence-electron chi connectivity index (χ4n) is 1.37. The molecule has 3 nitrogen and oxygen atoms in total. The standard InChI is InChI=1S/C11H8NO2/c1-13-7-11-9(6-12)8-4-2-3-5-10(8)14-11/h2-5,7H,1H3. The van der Waals surface area contributed by atoms with Crippen molar-refractivity contribution in [1.82, 2.24) is 0 Å². The van der Waals surface area contributed by atoms with Crippen LogP contribution in [-0.2, 0) is 4.74 Å². The van der Waals surface area contributed by atoms with E-state index in [2.05, 4.69) is 6.07 Å². The Labute approximate surface area is 81.5 Å². The number of methoxy groups -OCH3 is 1. The van der Waals surface area contributed by atoms with Crippen molar-refractivity contribution in [1.29, 1.82) is 5.26 Å². The van der Waals surface area contributed by atoms with Gasteiger partial charge in [0.25, 0.3) is 0 Å². The summed E-state index contributed by atoms with van der Waals surface area (Å²) in [5.41, 5.74) is 1.22. The molecule has 0 fully saturated rings. The average molecular weight is 186 g/mol. The topological polar surface area (TPSA) is 46.2 Å². The molecule has 0 amide bonds. The van der Waals surface area contributed by atoms with E-state index in [1.54, 1.807) is 0 Å². The highest BCUT2D eigenvalue weighted by Gasteiger charge is 2.12. The highest BCUT2D eigenvalue weighted by Crippen LogP contribution is 2.25. The second-order valence-corrected chi connectivity index (χ2v) is 2.80. The van der Waals surface area contributed by atoms with E-state index in [-0.39, 0.29) is 0 Å². The fraction of sp³-hybridized carbons (Fsp3) is 0.0909. The number of para-hydroxylation sites is 1. The van der Waals surface area contributed by atoms with E-state index >= 15 is 0 Å². The average Bonchev–Trinajstić information content (AvgIpc) is 2.55. The minimum absolute atomic E-state index is 0.469. The predicted molar refractivity (Wildman–Crippen MR) is 51.3 cm³/mol. The molecule has 0 aliphatic rings. The fourth-order valence-corrected chi connectivity index (χ4v) is 1.37. The largest absolute Gasteiger partial charge is 0.457 e. The van der Waals surface area contributed by atoms with Crippen LogP contribution in [0.5, 0.6) is 0 Å². The van der Waals surface area contributed by atoms with Crippen molar-refractivity contribution in [2.75, 3.05) is 7.11 Å². The van der Waals surface area contributed by atoms with Gasteiger partial charge in [0, 0.05) is 12.5 Å². The molecule has 1 heterocycles. The maximum absolute atomic E-state index is 8.95. The second kappa shape index (κ2) is 3.52. The highest BCUT2D eigenvalue weighted by atomic mass is 16.5. The summed E-state index contributed by atoms with van der Waals surface area (Å²) in [5.74, 6) is 0.469. The molecular formula is C11H8NO2. The molecule has 69 valence electrons. The smallest absolute Gasteiger partial charge is 0.154 e. The SMILES string of the molecule is CO[CH]c1oc2ccccc2c1C#N. The number of fused-ring (bicyclic) bond motifs is 1. The summed E-state index contributed by atoms with van der Waals surface area (Å²) < 4.78 is 10.3. The molecule has 0 saturated carbocycles. The third kappa shape index (κ3) is 1.26. The van der Waals surface area contributed by atoms with Gasteiger partial charge in [-0.25, -0.2) is 0 Å². The summed E-state index contributed by atoms with van der Waals surface area (Å²) in [5, 5.41) is 9.76. The lowest BCUT2D eigenvalue weighted by atomic mass is 10.1. The van der Waals surface area contributed by atoms with Crippen LogP contribution in [0.25, 0.3) is 11.0 Å². The van der Waals surface area contributed by atoms with Crippen molar-refractivity contribution < 1.29 is 9.15 Å². The monoisotopic (exact) mass is 186 g/mol. The Bertz CT molecular complexity index is 493. The molecule has 3 heteroatoms. The molecular weight excluding hydrogens is 178 g/mol. The minimum atomic E-state index is 0.469. The number of benzene rings is 1. The molecule has 0 bridgehead atoms. The first-order valence-corrected chi connectivity index (χ1v) is 4.14. The number of rotatable bonds is 2. The Morgan fingerprint density at radius 1 is 1.43 bits per heavy atom. The van der Waals surface area contributed by atoms with Gasteiger partial charge in [-0.05, 0) is 12.1 Å². The van der Waals surface area contributed by atoms with Crippen LogP contribution in [0.3, 0.4) is 0 Å². The molecule has 0 spiro atoms. The summed E-state index contributed by atoms with van der Waals surface area (Å²) in [7, 11) is 1.52. The Morgan fingerprint density at radius 3 is 2.93 bits per heavy atom. The number of nitriles is 1. The van der Waals surface area contributed by atoms with E-state index in [1.807, 2.05) is 24.3 Å². The lowest BCUT2D eigenvalue weighted by Crippen LogP contribution is -1.83. The Hall–Kier alpha value is -1.79. The van der Waals surface area contributed by atoms with Gasteiger partial charge in [-0.3, -0.25) is 0 Å². The van der Waals surface area contributed by atoms with Crippen LogP contribution in [0.2, 0.25) is 0 Å². The van der Waals surface area contributed by atoms with Crippen molar-refractivity contribution in [3.8, 4) is 6.07 Å². The third-order valence-corrected chi connectivity index (χ3v) is 1.96. The first kappa shape index (κ1) is 8.79. The van der Waals surface area contributed by atoms with E-state index in [4.69, 9.17) is 14.4 Å². The number of hydrogen-bond acceptors (Lipinski definition) is 3. The Balaban J connectivity index is 2.68. The number of ether oxygens (including phenoxy) is 1. The quantitative estimate of drug-likeness (QED) is 0.723. The molecule has 0 N–H and O–H groups in total. The number of hydrogen-bond donors (Lipinski definition) is 0. The van der Waals surface area contributed by atoms with Gasteiger partial charge in [-0.1, -0.05) is 12.1 Å². The van der Waals surface area contributed by atoms with Gasteiger partial charge >= 0.3 is 0 Å². The van der Waals surface area contributed by atoms with E-state index in [1.165, 1.54) is 13.7 Å². The highest BCUT2D eigenvalue weighted by molar-refractivity contribution is 5.85. The van der Waals surface area contributed by atoms with Gasteiger partial charge in [0.15, 0.2) is 5.76 Å². The van der Waals surface area contributed by atoms with E-state index < -0.39 is 0 Å². The molecule has 0 aliphatic heterocycles. The summed E-state index contributed by atoms with van der Waals surface area (Å²) in [6.07, 6.45) is 0. The second-order valence-electron chi connectivity index (χ2n) is 2.80. The summed E-state index contributed by atoms with van der Waals surface area (Å²) in [4.78, 5) is 0. The molecule has 1 aromatic heterocycles. The van der Waals surface area contributed by atoms with Gasteiger partial charge < -0.3 is 9.15 Å². The lowest BCUT2D eigenvalue weighted by Gasteiger charge is -1.91. The summed E-state index contributed by atoms with van der Waals surface area (Å²) >= 11 is 0. The molecule has 2 rings (SSSR count). The zero-order chi connectivity index (χ0) is 9.97. The van der Waals surface area contributed by atoms with Crippen LogP contribution in [0.4, 0.5) is 0 Å². The van der Waals surface area contributed by atoms with Crippen LogP contribution < -0.4 is 0 Å². The molecule has 0 atom stereocenters. The van der Waals surface area contributed by atoms with Gasteiger partial charge in [0.05, 0.1) is 0 Å². The van der Waals surface area contributed by atoms with Crippen molar-refractivity contribution in [2.24, 2.45) is 0 Å². The Kier molecular flexibility index (Phi) is 2.21. The lowest BCUT2D eigenvalue weighted by molar-refractivity contribution is 0.275. The maximum Gasteiger partial charge on any atom is 0.154 e. The normalized spacial score (nSPS) is 10.3. The first-order valence-electron chi connectivity index (χ1n) is 4.14. The molecule has 1 radical (unpaired) electrons. The zero-order valence-corrected chi connectivity index (χ0v) is 7.65. The van der Waals surface area contributed by atoms with Crippen LogP contribution in [-0.4, -0.2) is 7.11 Å². The van der Waals surface area contributed by atoms with E-state index in [9.17, 15) is 0 Å². The number of furan rings is 1. The van der Waals surface area contributed by atoms with Crippen LogP contribution >= 0.6 is 0 Å². The van der Waals surface area contributed by atoms with E-state index in [0.29, 0.717) is 16.9 Å². The summed E-state index contributed by atoms with van der Waals surface area (Å²) in [6.45, 7) is 1.43. The molecule has 1 aromatic carbocycles. The molecule has 2 aromatic rings. The Morgan fingerprint density at radius 2 is 2.21 bits per heavy atom. The zero-order valence-electron chi connectivity index (χ0n) is 7.65. The summed E-state index contributed by atoms with van der Waals surface area (Å²) in [6, 6.07) is 9.51. The van der Waals surface area contributed by atoms with Crippen LogP contribution in [0, 0.1) is 17.9 Å². The van der Waals surface area contributed by atoms with E-state index in [0.717, 1.165) is 5.39 Å². The van der Waals surface area contributed by atoms with Gasteiger partial charge in [-0.2, -0.15) is 5.26 Å². The van der Waals surface area contributed by atoms with Crippen molar-refractivity contribution in [3.05, 3.63) is 42.2 Å². The predicted octanol–water partition coefficient (Wildman–Crippen LogP) is 2.46. The molecule has 0 aliphatic carbocycles. The molecule has 0 unspecified atom stereocenters. The minimum Gasteiger partial charge on any atom is -0.457 e. The van der Waals surface area contributed by atoms with Crippen LogP contribution in [0.15, 0.2) is 28.7 Å². The molecule has 14 heavy (non-hydrogen) atoms. The van der Waals surface area contributed by atoms with Crippen molar-refractivity contribution in [3.63, 3.8) is 0 Å². The maximum atomic E-state index is 8.95. The molecule has 0 saturated heterocycles. The van der Waals surface area contributed by atoms with Gasteiger partial charge in [-0.15, -0.1) is 0 Å². The van der Waals surface area contributed by atoms with Crippen molar-refractivity contribution >= 4 is 11.0 Å². The van der Waals surface area contributed by atoms with Crippen molar-refractivity contribution in [2.45, 2.75) is 0 Å². The van der Waals surface area contributed by atoms with Crippen LogP contribution in [0.1, 0.15) is 11.3 Å². The van der Waals surface area contributed by atoms with Gasteiger partial charge in [0.1, 0.15) is 23.8 Å². The number of nitrogens with zero attached hydrogens (tertiary/aromatic N) is 1. The van der Waals surface area contributed by atoms with Gasteiger partial charge in [0.2, 0.25) is 0 Å². The third-order valence-electron chi connectivity index (χ3n) is 1.96.